The van der Waals surface area contributed by atoms with E-state index in [0.717, 1.165) is 12.8 Å². The molecule has 1 heterocycles. The van der Waals surface area contributed by atoms with Crippen molar-refractivity contribution in [3.63, 3.8) is 0 Å². The van der Waals surface area contributed by atoms with Crippen molar-refractivity contribution in [1.82, 2.24) is 0 Å². The number of methoxy groups -OCH3 is 2. The fourth-order valence-corrected chi connectivity index (χ4v) is 2.98. The number of hydrogen-bond acceptors (Lipinski definition) is 6. The molecule has 7 heteroatoms. The lowest BCUT2D eigenvalue weighted by Crippen LogP contribution is -2.05. The molecule has 2 aromatic rings. The number of nitrogens with zero attached hydrogens (tertiary/aromatic N) is 1. The Morgan fingerprint density at radius 1 is 1.14 bits per heavy atom. The molecule has 152 valence electrons. The summed E-state index contributed by atoms with van der Waals surface area (Å²) in [6, 6.07) is 10.5. The Labute approximate surface area is 174 Å². The molecular weight excluding hydrogens is 394 g/mol. The van der Waals surface area contributed by atoms with Gasteiger partial charge < -0.3 is 18.9 Å². The van der Waals surface area contributed by atoms with Gasteiger partial charge in [0.05, 0.1) is 25.8 Å². The van der Waals surface area contributed by atoms with Crippen LogP contribution in [0, 0.1) is 0 Å². The number of esters is 1. The van der Waals surface area contributed by atoms with Crippen LogP contribution in [0.25, 0.3) is 6.08 Å². The third-order valence-electron chi connectivity index (χ3n) is 4.26. The number of cyclic esters (lactones) is 1. The van der Waals surface area contributed by atoms with Crippen LogP contribution in [0.3, 0.4) is 0 Å². The maximum atomic E-state index is 12.2. The minimum atomic E-state index is -0.533. The molecule has 0 aromatic heterocycles. The number of rotatable bonds is 8. The van der Waals surface area contributed by atoms with Gasteiger partial charge in [0, 0.05) is 5.56 Å². The Bertz CT molecular complexity index is 950. The molecule has 0 radical (unpaired) electrons. The SMILES string of the molecule is CCCCOc1c(Cl)cc(/C=C2\N=C(c3ccc(OC)cc3)OC2=O)cc1OC. The molecule has 0 N–H and O–H groups in total. The summed E-state index contributed by atoms with van der Waals surface area (Å²) in [6.45, 7) is 2.63. The van der Waals surface area contributed by atoms with Gasteiger partial charge in [-0.2, -0.15) is 0 Å². The van der Waals surface area contributed by atoms with Gasteiger partial charge in [0.25, 0.3) is 0 Å². The van der Waals surface area contributed by atoms with Gasteiger partial charge in [-0.25, -0.2) is 9.79 Å². The second-order valence-electron chi connectivity index (χ2n) is 6.30. The molecule has 0 unspecified atom stereocenters. The van der Waals surface area contributed by atoms with Gasteiger partial charge in [-0.05, 0) is 54.5 Å². The molecule has 2 aromatic carbocycles. The first-order chi connectivity index (χ1) is 14.0. The van der Waals surface area contributed by atoms with Crippen LogP contribution in [0.1, 0.15) is 30.9 Å². The van der Waals surface area contributed by atoms with Crippen molar-refractivity contribution < 1.29 is 23.7 Å². The molecule has 0 atom stereocenters. The van der Waals surface area contributed by atoms with Crippen molar-refractivity contribution in [2.24, 2.45) is 4.99 Å². The molecule has 6 nitrogen and oxygen atoms in total. The lowest BCUT2D eigenvalue weighted by atomic mass is 10.1. The smallest absolute Gasteiger partial charge is 0.363 e. The molecule has 0 saturated carbocycles. The van der Waals surface area contributed by atoms with Crippen LogP contribution >= 0.6 is 11.6 Å². The van der Waals surface area contributed by atoms with Gasteiger partial charge in [-0.3, -0.25) is 0 Å². The van der Waals surface area contributed by atoms with E-state index >= 15 is 0 Å². The largest absolute Gasteiger partial charge is 0.497 e. The molecule has 0 fully saturated rings. The van der Waals surface area contributed by atoms with E-state index in [9.17, 15) is 4.79 Å². The average molecular weight is 416 g/mol. The molecule has 1 aliphatic rings. The van der Waals surface area contributed by atoms with Gasteiger partial charge in [-0.15, -0.1) is 0 Å². The van der Waals surface area contributed by atoms with E-state index in [1.165, 1.54) is 0 Å². The number of unbranched alkanes of at least 4 members (excludes halogenated alkanes) is 1. The molecule has 0 amide bonds. The standard InChI is InChI=1S/C22H22ClNO5/c1-4-5-10-28-20-17(23)11-14(13-19(20)27-3)12-18-22(25)29-21(24-18)15-6-8-16(26-2)9-7-15/h6-9,11-13H,4-5,10H2,1-3H3/b18-12-. The summed E-state index contributed by atoms with van der Waals surface area (Å²) in [5.41, 5.74) is 1.51. The first-order valence-corrected chi connectivity index (χ1v) is 9.60. The second-order valence-corrected chi connectivity index (χ2v) is 6.71. The van der Waals surface area contributed by atoms with E-state index in [4.69, 9.17) is 30.5 Å². The van der Waals surface area contributed by atoms with E-state index in [2.05, 4.69) is 11.9 Å². The number of hydrogen-bond donors (Lipinski definition) is 0. The van der Waals surface area contributed by atoms with Gasteiger partial charge in [0.1, 0.15) is 5.75 Å². The molecule has 0 bridgehead atoms. The molecule has 29 heavy (non-hydrogen) atoms. The number of aliphatic imine (C=N–C) groups is 1. The Kier molecular flexibility index (Phi) is 6.77. The number of halogens is 1. The maximum Gasteiger partial charge on any atom is 0.363 e. The van der Waals surface area contributed by atoms with Crippen molar-refractivity contribution in [2.45, 2.75) is 19.8 Å². The highest BCUT2D eigenvalue weighted by Crippen LogP contribution is 2.37. The van der Waals surface area contributed by atoms with Crippen molar-refractivity contribution in [2.75, 3.05) is 20.8 Å². The number of carbonyl (C=O) groups is 1. The predicted octanol–water partition coefficient (Wildman–Crippen LogP) is 4.88. The number of ether oxygens (including phenoxy) is 4. The minimum Gasteiger partial charge on any atom is -0.497 e. The topological polar surface area (TPSA) is 66.3 Å². The van der Waals surface area contributed by atoms with Gasteiger partial charge in [-0.1, -0.05) is 24.9 Å². The zero-order valence-corrected chi connectivity index (χ0v) is 17.3. The Morgan fingerprint density at radius 2 is 1.90 bits per heavy atom. The third kappa shape index (κ3) is 4.90. The van der Waals surface area contributed by atoms with E-state index in [1.807, 2.05) is 0 Å². The Morgan fingerprint density at radius 3 is 2.55 bits per heavy atom. The van der Waals surface area contributed by atoms with Crippen molar-refractivity contribution in [1.29, 1.82) is 0 Å². The van der Waals surface area contributed by atoms with Gasteiger partial charge >= 0.3 is 5.97 Å². The Hall–Kier alpha value is -2.99. The fourth-order valence-electron chi connectivity index (χ4n) is 2.71. The third-order valence-corrected chi connectivity index (χ3v) is 4.54. The van der Waals surface area contributed by atoms with Crippen LogP contribution in [0.4, 0.5) is 0 Å². The number of benzene rings is 2. The Balaban J connectivity index is 1.87. The fraction of sp³-hybridized carbons (Fsp3) is 0.273. The van der Waals surface area contributed by atoms with Crippen molar-refractivity contribution in [3.05, 3.63) is 58.2 Å². The molecular formula is C22H22ClNO5. The summed E-state index contributed by atoms with van der Waals surface area (Å²) in [4.78, 5) is 16.6. The van der Waals surface area contributed by atoms with E-state index in [-0.39, 0.29) is 11.6 Å². The molecule has 0 spiro atoms. The highest BCUT2D eigenvalue weighted by Gasteiger charge is 2.24. The summed E-state index contributed by atoms with van der Waals surface area (Å²) >= 11 is 6.37. The highest BCUT2D eigenvalue weighted by atomic mass is 35.5. The molecule has 3 rings (SSSR count). The van der Waals surface area contributed by atoms with Gasteiger partial charge in [0.15, 0.2) is 17.2 Å². The molecule has 0 saturated heterocycles. The number of carbonyl (C=O) groups excluding carboxylic acids is 1. The summed E-state index contributed by atoms with van der Waals surface area (Å²) in [6.07, 6.45) is 3.53. The van der Waals surface area contributed by atoms with E-state index < -0.39 is 5.97 Å². The quantitative estimate of drug-likeness (QED) is 0.349. The first-order valence-electron chi connectivity index (χ1n) is 9.23. The minimum absolute atomic E-state index is 0.175. The van der Waals surface area contributed by atoms with E-state index in [1.54, 1.807) is 56.7 Å². The summed E-state index contributed by atoms with van der Waals surface area (Å²) < 4.78 is 21.6. The molecule has 1 aliphatic heterocycles. The van der Waals surface area contributed by atoms with Crippen LogP contribution in [0.15, 0.2) is 47.1 Å². The average Bonchev–Trinajstić information content (AvgIpc) is 3.09. The lowest BCUT2D eigenvalue weighted by molar-refractivity contribution is -0.129. The maximum absolute atomic E-state index is 12.2. The zero-order chi connectivity index (χ0) is 20.8. The summed E-state index contributed by atoms with van der Waals surface area (Å²) in [7, 11) is 3.13. The zero-order valence-electron chi connectivity index (χ0n) is 16.5. The highest BCUT2D eigenvalue weighted by molar-refractivity contribution is 6.32. The molecule has 0 aliphatic carbocycles. The first kappa shape index (κ1) is 20.7. The van der Waals surface area contributed by atoms with E-state index in [0.29, 0.717) is 40.0 Å². The second kappa shape index (κ2) is 9.47. The van der Waals surface area contributed by atoms with Crippen molar-refractivity contribution >= 4 is 29.5 Å². The predicted molar refractivity (Wildman–Crippen MR) is 112 cm³/mol. The van der Waals surface area contributed by atoms with Crippen LogP contribution in [-0.4, -0.2) is 32.7 Å². The summed E-state index contributed by atoms with van der Waals surface area (Å²) in [5.74, 6) is 1.39. The van der Waals surface area contributed by atoms with Crippen LogP contribution in [0.5, 0.6) is 17.2 Å². The van der Waals surface area contributed by atoms with Crippen LogP contribution < -0.4 is 14.2 Å². The lowest BCUT2D eigenvalue weighted by Gasteiger charge is -2.13. The van der Waals surface area contributed by atoms with Crippen LogP contribution in [-0.2, 0) is 9.53 Å². The van der Waals surface area contributed by atoms with Gasteiger partial charge in [0.2, 0.25) is 5.90 Å². The summed E-state index contributed by atoms with van der Waals surface area (Å²) in [5, 5.41) is 0.401. The van der Waals surface area contributed by atoms with Crippen LogP contribution in [0.2, 0.25) is 5.02 Å². The normalized spacial score (nSPS) is 14.6. The monoisotopic (exact) mass is 415 g/mol. The van der Waals surface area contributed by atoms with Crippen molar-refractivity contribution in [3.8, 4) is 17.2 Å².